The fourth-order valence-corrected chi connectivity index (χ4v) is 3.87. The quantitative estimate of drug-likeness (QED) is 0.731. The minimum absolute atomic E-state index is 0.137. The summed E-state index contributed by atoms with van der Waals surface area (Å²) in [6, 6.07) is 10.2. The van der Waals surface area contributed by atoms with E-state index in [0.717, 1.165) is 44.9 Å². The van der Waals surface area contributed by atoms with Crippen molar-refractivity contribution in [1.82, 2.24) is 5.32 Å². The van der Waals surface area contributed by atoms with Gasteiger partial charge in [0.15, 0.2) is 0 Å². The summed E-state index contributed by atoms with van der Waals surface area (Å²) in [5, 5.41) is 3.55. The fourth-order valence-electron chi connectivity index (χ4n) is 2.29. The number of hydrogen-bond acceptors (Lipinski definition) is 3. The third-order valence-electron chi connectivity index (χ3n) is 3.32. The van der Waals surface area contributed by atoms with Gasteiger partial charge in [0, 0.05) is 11.6 Å². The van der Waals surface area contributed by atoms with Crippen molar-refractivity contribution in [1.29, 1.82) is 0 Å². The van der Waals surface area contributed by atoms with Crippen molar-refractivity contribution in [2.45, 2.75) is 25.8 Å². The van der Waals surface area contributed by atoms with Gasteiger partial charge in [-0.3, -0.25) is 0 Å². The number of para-hydroxylation sites is 1. The summed E-state index contributed by atoms with van der Waals surface area (Å²) < 4.78 is 6.91. The second-order valence-corrected chi connectivity index (χ2v) is 7.09. The van der Waals surface area contributed by atoms with Crippen LogP contribution >= 0.6 is 34.5 Å². The number of thiophene rings is 1. The summed E-state index contributed by atoms with van der Waals surface area (Å²) in [6.07, 6.45) is 1.88. The van der Waals surface area contributed by atoms with E-state index in [-0.39, 0.29) is 6.04 Å². The van der Waals surface area contributed by atoms with Gasteiger partial charge in [0.1, 0.15) is 5.75 Å². The molecule has 1 heterocycles. The third-order valence-corrected chi connectivity index (χ3v) is 4.83. The predicted molar refractivity (Wildman–Crippen MR) is 92.1 cm³/mol. The van der Waals surface area contributed by atoms with Crippen molar-refractivity contribution in [2.24, 2.45) is 0 Å². The average Bonchev–Trinajstić information content (AvgIpc) is 2.82. The molecule has 114 valence electrons. The molecule has 0 aliphatic carbocycles. The van der Waals surface area contributed by atoms with Gasteiger partial charge >= 0.3 is 0 Å². The zero-order chi connectivity index (χ0) is 15.2. The zero-order valence-electron chi connectivity index (χ0n) is 12.2. The number of ether oxygens (including phenoxy) is 1. The molecule has 0 amide bonds. The Labute approximate surface area is 140 Å². The summed E-state index contributed by atoms with van der Waals surface area (Å²) in [7, 11) is 1.70. The van der Waals surface area contributed by atoms with Crippen LogP contribution in [0.3, 0.4) is 0 Å². The smallest absolute Gasteiger partial charge is 0.122 e. The normalized spacial score (nSPS) is 12.4. The summed E-state index contributed by atoms with van der Waals surface area (Å²) in [5.74, 6) is 0.901. The highest BCUT2D eigenvalue weighted by Gasteiger charge is 2.19. The van der Waals surface area contributed by atoms with Crippen LogP contribution in [0.2, 0.25) is 8.67 Å². The van der Waals surface area contributed by atoms with Crippen LogP contribution in [-0.4, -0.2) is 13.7 Å². The van der Waals surface area contributed by atoms with Crippen molar-refractivity contribution in [3.63, 3.8) is 0 Å². The molecule has 21 heavy (non-hydrogen) atoms. The minimum Gasteiger partial charge on any atom is -0.496 e. The molecule has 0 spiro atoms. The van der Waals surface area contributed by atoms with Crippen molar-refractivity contribution < 1.29 is 4.74 Å². The lowest BCUT2D eigenvalue weighted by molar-refractivity contribution is 0.405. The maximum absolute atomic E-state index is 6.32. The number of benzene rings is 1. The van der Waals surface area contributed by atoms with E-state index < -0.39 is 0 Å². The molecule has 0 bridgehead atoms. The fraction of sp³-hybridized carbons (Fsp3) is 0.375. The Hall–Kier alpha value is -0.740. The average molecular weight is 344 g/mol. The maximum Gasteiger partial charge on any atom is 0.122 e. The molecule has 0 saturated heterocycles. The molecule has 0 aliphatic heterocycles. The van der Waals surface area contributed by atoms with Crippen LogP contribution in [0.4, 0.5) is 0 Å². The first kappa shape index (κ1) is 16.6. The van der Waals surface area contributed by atoms with E-state index in [2.05, 4.69) is 18.3 Å². The molecule has 1 aromatic carbocycles. The van der Waals surface area contributed by atoms with E-state index in [1.807, 2.05) is 24.3 Å². The van der Waals surface area contributed by atoms with Gasteiger partial charge in [-0.15, -0.1) is 11.3 Å². The van der Waals surface area contributed by atoms with E-state index in [4.69, 9.17) is 27.9 Å². The molecular formula is C16H19Cl2NOS. The third kappa shape index (κ3) is 4.36. The van der Waals surface area contributed by atoms with Gasteiger partial charge in [-0.05, 0) is 37.1 Å². The molecular weight excluding hydrogens is 325 g/mol. The molecule has 0 saturated carbocycles. The van der Waals surface area contributed by atoms with E-state index in [9.17, 15) is 0 Å². The van der Waals surface area contributed by atoms with Crippen LogP contribution in [-0.2, 0) is 6.42 Å². The van der Waals surface area contributed by atoms with Gasteiger partial charge < -0.3 is 10.1 Å². The number of nitrogens with one attached hydrogen (secondary N) is 1. The highest BCUT2D eigenvalue weighted by molar-refractivity contribution is 7.20. The Morgan fingerprint density at radius 2 is 2.05 bits per heavy atom. The number of halogens is 2. The van der Waals surface area contributed by atoms with Gasteiger partial charge in [0.2, 0.25) is 0 Å². The lowest BCUT2D eigenvalue weighted by Crippen LogP contribution is -2.24. The Morgan fingerprint density at radius 1 is 1.29 bits per heavy atom. The molecule has 1 N–H and O–H groups in total. The van der Waals surface area contributed by atoms with Gasteiger partial charge in [0.25, 0.3) is 0 Å². The first-order valence-corrected chi connectivity index (χ1v) is 8.53. The van der Waals surface area contributed by atoms with Crippen LogP contribution in [0.1, 0.15) is 30.5 Å². The predicted octanol–water partition coefficient (Wildman–Crippen LogP) is 5.35. The Morgan fingerprint density at radius 3 is 2.67 bits per heavy atom. The minimum atomic E-state index is 0.137. The number of methoxy groups -OCH3 is 1. The van der Waals surface area contributed by atoms with Crippen LogP contribution < -0.4 is 10.1 Å². The summed E-state index contributed by atoms with van der Waals surface area (Å²) >= 11 is 13.8. The molecule has 1 atom stereocenters. The van der Waals surface area contributed by atoms with Crippen molar-refractivity contribution in [3.8, 4) is 5.75 Å². The lowest BCUT2D eigenvalue weighted by atomic mass is 10.00. The van der Waals surface area contributed by atoms with Crippen LogP contribution in [0, 0.1) is 0 Å². The van der Waals surface area contributed by atoms with Crippen LogP contribution in [0.5, 0.6) is 5.75 Å². The molecule has 1 aromatic heterocycles. The zero-order valence-corrected chi connectivity index (χ0v) is 14.5. The molecule has 1 unspecified atom stereocenters. The van der Waals surface area contributed by atoms with E-state index in [0.29, 0.717) is 0 Å². The summed E-state index contributed by atoms with van der Waals surface area (Å²) in [4.78, 5) is 0. The summed E-state index contributed by atoms with van der Waals surface area (Å²) in [5.41, 5.74) is 2.22. The van der Waals surface area contributed by atoms with Crippen molar-refractivity contribution in [2.75, 3.05) is 13.7 Å². The first-order valence-electron chi connectivity index (χ1n) is 6.95. The second-order valence-electron chi connectivity index (χ2n) is 4.80. The number of hydrogen-bond donors (Lipinski definition) is 1. The second kappa shape index (κ2) is 8.04. The lowest BCUT2D eigenvalue weighted by Gasteiger charge is -2.19. The Kier molecular flexibility index (Phi) is 6.37. The van der Waals surface area contributed by atoms with E-state index >= 15 is 0 Å². The molecule has 0 radical (unpaired) electrons. The van der Waals surface area contributed by atoms with Gasteiger partial charge in [0.05, 0.1) is 15.8 Å². The van der Waals surface area contributed by atoms with E-state index in [1.54, 1.807) is 7.11 Å². The van der Waals surface area contributed by atoms with Crippen molar-refractivity contribution in [3.05, 3.63) is 50.1 Å². The maximum atomic E-state index is 6.32. The molecule has 2 rings (SSSR count). The number of rotatable bonds is 7. The van der Waals surface area contributed by atoms with Crippen LogP contribution in [0.15, 0.2) is 30.3 Å². The van der Waals surface area contributed by atoms with Gasteiger partial charge in [-0.1, -0.05) is 48.3 Å². The highest BCUT2D eigenvalue weighted by Crippen LogP contribution is 2.37. The molecule has 0 aliphatic rings. The monoisotopic (exact) mass is 343 g/mol. The van der Waals surface area contributed by atoms with Crippen molar-refractivity contribution >= 4 is 34.5 Å². The first-order chi connectivity index (χ1) is 10.2. The molecule has 0 fully saturated rings. The molecule has 2 nitrogen and oxygen atoms in total. The highest BCUT2D eigenvalue weighted by atomic mass is 35.5. The van der Waals surface area contributed by atoms with Crippen LogP contribution in [0.25, 0.3) is 0 Å². The standard InChI is InChI=1S/C16H19Cl2NOS/c1-3-8-19-13(12-10-15(17)21-16(12)18)9-11-6-4-5-7-14(11)20-2/h4-7,10,13,19H,3,8-9H2,1-2H3. The van der Waals surface area contributed by atoms with Gasteiger partial charge in [-0.2, -0.15) is 0 Å². The largest absolute Gasteiger partial charge is 0.496 e. The molecule has 5 heteroatoms. The van der Waals surface area contributed by atoms with Gasteiger partial charge in [-0.25, -0.2) is 0 Å². The SMILES string of the molecule is CCCNC(Cc1ccccc1OC)c1cc(Cl)sc1Cl. The topological polar surface area (TPSA) is 21.3 Å². The molecule has 2 aromatic rings. The summed E-state index contributed by atoms with van der Waals surface area (Å²) in [6.45, 7) is 3.08. The Balaban J connectivity index is 2.26. The van der Waals surface area contributed by atoms with E-state index in [1.165, 1.54) is 11.3 Å². The Bertz CT molecular complexity index is 585.